The molecule has 2 aromatic heterocycles. The molecular formula is C46H30N2O. The summed E-state index contributed by atoms with van der Waals surface area (Å²) in [6, 6.07) is 65.0. The van der Waals surface area contributed by atoms with Gasteiger partial charge in [-0.05, 0) is 65.5 Å². The largest absolute Gasteiger partial charge is 0.456 e. The van der Waals surface area contributed by atoms with Crippen LogP contribution in [0.5, 0.6) is 0 Å². The second kappa shape index (κ2) is 11.0. The van der Waals surface area contributed by atoms with E-state index in [2.05, 4.69) is 179 Å². The highest BCUT2D eigenvalue weighted by molar-refractivity contribution is 6.19. The van der Waals surface area contributed by atoms with Gasteiger partial charge in [0.15, 0.2) is 0 Å². The zero-order valence-electron chi connectivity index (χ0n) is 26.6. The van der Waals surface area contributed by atoms with Crippen LogP contribution in [0.3, 0.4) is 0 Å². The van der Waals surface area contributed by atoms with Crippen LogP contribution in [0.15, 0.2) is 186 Å². The number of anilines is 3. The van der Waals surface area contributed by atoms with Crippen molar-refractivity contribution < 1.29 is 4.42 Å². The van der Waals surface area contributed by atoms with Gasteiger partial charge in [0.25, 0.3) is 0 Å². The first-order valence-electron chi connectivity index (χ1n) is 16.7. The van der Waals surface area contributed by atoms with Gasteiger partial charge in [-0.2, -0.15) is 0 Å². The molecule has 0 aliphatic carbocycles. The van der Waals surface area contributed by atoms with Gasteiger partial charge in [0.1, 0.15) is 11.2 Å². The average Bonchev–Trinajstić information content (AvgIpc) is 3.72. The molecule has 3 nitrogen and oxygen atoms in total. The summed E-state index contributed by atoms with van der Waals surface area (Å²) in [5.74, 6) is 0. The molecule has 49 heavy (non-hydrogen) atoms. The molecule has 0 aliphatic heterocycles. The number of rotatable bonds is 5. The highest BCUT2D eigenvalue weighted by atomic mass is 16.3. The van der Waals surface area contributed by atoms with Gasteiger partial charge < -0.3 is 13.9 Å². The number of hydrogen-bond donors (Lipinski definition) is 0. The molecule has 0 radical (unpaired) electrons. The van der Waals surface area contributed by atoms with Crippen LogP contribution >= 0.6 is 0 Å². The van der Waals surface area contributed by atoms with E-state index in [4.69, 9.17) is 4.42 Å². The summed E-state index contributed by atoms with van der Waals surface area (Å²) >= 11 is 0. The van der Waals surface area contributed by atoms with E-state index in [1.54, 1.807) is 0 Å². The van der Waals surface area contributed by atoms with Gasteiger partial charge in [-0.3, -0.25) is 0 Å². The minimum Gasteiger partial charge on any atom is -0.456 e. The lowest BCUT2D eigenvalue weighted by Gasteiger charge is -2.28. The van der Waals surface area contributed by atoms with E-state index in [1.165, 1.54) is 38.1 Å². The molecule has 0 atom stereocenters. The maximum atomic E-state index is 6.43. The van der Waals surface area contributed by atoms with E-state index >= 15 is 0 Å². The predicted molar refractivity (Wildman–Crippen MR) is 206 cm³/mol. The van der Waals surface area contributed by atoms with Gasteiger partial charge in [-0.1, -0.05) is 121 Å². The fourth-order valence-electron chi connectivity index (χ4n) is 7.56. The molecule has 0 N–H and O–H groups in total. The number of hydrogen-bond acceptors (Lipinski definition) is 2. The Bertz CT molecular complexity index is 2830. The van der Waals surface area contributed by atoms with Gasteiger partial charge in [0.2, 0.25) is 0 Å². The van der Waals surface area contributed by atoms with Crippen molar-refractivity contribution in [1.29, 1.82) is 0 Å². The Balaban J connectivity index is 1.28. The summed E-state index contributed by atoms with van der Waals surface area (Å²) in [4.78, 5) is 2.38. The van der Waals surface area contributed by atoms with Crippen LogP contribution in [-0.4, -0.2) is 4.57 Å². The first kappa shape index (κ1) is 27.5. The zero-order valence-corrected chi connectivity index (χ0v) is 26.6. The lowest BCUT2D eigenvalue weighted by Crippen LogP contribution is -2.11. The van der Waals surface area contributed by atoms with Crippen LogP contribution in [0.1, 0.15) is 0 Å². The van der Waals surface area contributed by atoms with Crippen LogP contribution in [0, 0.1) is 0 Å². The Hall–Kier alpha value is -6.58. The summed E-state index contributed by atoms with van der Waals surface area (Å²) in [7, 11) is 0. The highest BCUT2D eigenvalue weighted by Gasteiger charge is 2.21. The predicted octanol–water partition coefficient (Wildman–Crippen LogP) is 13.0. The lowest BCUT2D eigenvalue weighted by molar-refractivity contribution is 0.669. The minimum atomic E-state index is 0.869. The molecule has 230 valence electrons. The molecule has 0 bridgehead atoms. The molecule has 0 fully saturated rings. The molecule has 10 rings (SSSR count). The topological polar surface area (TPSA) is 21.3 Å². The third-order valence-corrected chi connectivity index (χ3v) is 9.76. The van der Waals surface area contributed by atoms with Gasteiger partial charge in [-0.25, -0.2) is 0 Å². The van der Waals surface area contributed by atoms with Crippen molar-refractivity contribution in [2.24, 2.45) is 0 Å². The van der Waals surface area contributed by atoms with Gasteiger partial charge in [0.05, 0.1) is 16.7 Å². The third-order valence-electron chi connectivity index (χ3n) is 9.76. The fraction of sp³-hybridized carbons (Fsp3) is 0. The number of para-hydroxylation sites is 4. The molecule has 10 aromatic rings. The van der Waals surface area contributed by atoms with E-state index in [1.807, 2.05) is 12.1 Å². The van der Waals surface area contributed by atoms with Gasteiger partial charge >= 0.3 is 0 Å². The quantitative estimate of drug-likeness (QED) is 0.190. The van der Waals surface area contributed by atoms with Crippen molar-refractivity contribution in [1.82, 2.24) is 4.57 Å². The Morgan fingerprint density at radius 2 is 1.06 bits per heavy atom. The summed E-state index contributed by atoms with van der Waals surface area (Å²) in [6.07, 6.45) is 0. The maximum absolute atomic E-state index is 6.43. The monoisotopic (exact) mass is 626 g/mol. The van der Waals surface area contributed by atoms with E-state index in [9.17, 15) is 0 Å². The van der Waals surface area contributed by atoms with Crippen molar-refractivity contribution in [2.75, 3.05) is 4.90 Å². The van der Waals surface area contributed by atoms with E-state index in [0.29, 0.717) is 0 Å². The summed E-state index contributed by atoms with van der Waals surface area (Å²) in [5.41, 5.74) is 10.8. The van der Waals surface area contributed by atoms with E-state index in [-0.39, 0.29) is 0 Å². The Morgan fingerprint density at radius 1 is 0.429 bits per heavy atom. The number of fused-ring (bicyclic) bond motifs is 8. The summed E-state index contributed by atoms with van der Waals surface area (Å²) in [6.45, 7) is 0. The fourth-order valence-corrected chi connectivity index (χ4v) is 7.56. The molecule has 0 amide bonds. The Labute approximate surface area is 283 Å². The molecular weight excluding hydrogens is 597 g/mol. The van der Waals surface area contributed by atoms with Crippen LogP contribution < -0.4 is 4.90 Å². The van der Waals surface area contributed by atoms with E-state index in [0.717, 1.165) is 50.3 Å². The Kier molecular flexibility index (Phi) is 6.18. The standard InChI is InChI=1S/C46H30N2O/c1-3-13-31(14-4-1)36-17-7-10-20-42(36)47(35-26-28-39-38-19-9-12-22-44(38)49-45(39)30-35)34-25-23-32-24-27-40-37-18-8-11-21-43(37)48(46(40)41(32)29-34)33-15-5-2-6-16-33/h1-30H. The molecule has 8 aromatic carbocycles. The van der Waals surface area contributed by atoms with Crippen LogP contribution in [0.25, 0.3) is 71.3 Å². The molecule has 0 unspecified atom stereocenters. The molecule has 0 aliphatic rings. The number of benzene rings is 8. The maximum Gasteiger partial charge on any atom is 0.137 e. The smallest absolute Gasteiger partial charge is 0.137 e. The lowest BCUT2D eigenvalue weighted by atomic mass is 10.0. The summed E-state index contributed by atoms with van der Waals surface area (Å²) < 4.78 is 8.84. The number of furan rings is 1. The van der Waals surface area contributed by atoms with Crippen molar-refractivity contribution in [2.45, 2.75) is 0 Å². The van der Waals surface area contributed by atoms with Crippen molar-refractivity contribution in [3.8, 4) is 16.8 Å². The molecule has 0 saturated heterocycles. The molecule has 0 saturated carbocycles. The van der Waals surface area contributed by atoms with Crippen molar-refractivity contribution in [3.63, 3.8) is 0 Å². The first-order valence-corrected chi connectivity index (χ1v) is 16.7. The third kappa shape index (κ3) is 4.37. The SMILES string of the molecule is c1ccc(-c2ccccc2N(c2ccc3c(c2)oc2ccccc23)c2ccc3ccc4c5ccccc5n(-c5ccccc5)c4c3c2)cc1. The van der Waals surface area contributed by atoms with Gasteiger partial charge in [-0.15, -0.1) is 0 Å². The van der Waals surface area contributed by atoms with Crippen LogP contribution in [-0.2, 0) is 0 Å². The van der Waals surface area contributed by atoms with Crippen LogP contribution in [0.2, 0.25) is 0 Å². The number of nitrogens with zero attached hydrogens (tertiary/aromatic N) is 2. The van der Waals surface area contributed by atoms with Crippen molar-refractivity contribution in [3.05, 3.63) is 182 Å². The second-order valence-electron chi connectivity index (χ2n) is 12.6. The normalized spacial score (nSPS) is 11.7. The van der Waals surface area contributed by atoms with Crippen LogP contribution in [0.4, 0.5) is 17.1 Å². The molecule has 2 heterocycles. The van der Waals surface area contributed by atoms with Crippen molar-refractivity contribution >= 4 is 71.6 Å². The average molecular weight is 627 g/mol. The zero-order chi connectivity index (χ0) is 32.3. The number of aromatic nitrogens is 1. The Morgan fingerprint density at radius 3 is 1.94 bits per heavy atom. The van der Waals surface area contributed by atoms with Gasteiger partial charge in [0, 0.05) is 55.6 Å². The molecule has 3 heteroatoms. The molecule has 0 spiro atoms. The second-order valence-corrected chi connectivity index (χ2v) is 12.6. The van der Waals surface area contributed by atoms with E-state index < -0.39 is 0 Å². The first-order chi connectivity index (χ1) is 24.3. The highest BCUT2D eigenvalue weighted by Crippen LogP contribution is 2.45. The summed E-state index contributed by atoms with van der Waals surface area (Å²) in [5, 5.41) is 7.12. The minimum absolute atomic E-state index is 0.869.